The van der Waals surface area contributed by atoms with Crippen LogP contribution in [0.25, 0.3) is 5.70 Å². The zero-order chi connectivity index (χ0) is 25.3. The summed E-state index contributed by atoms with van der Waals surface area (Å²) in [6.45, 7) is 0. The molecule has 0 saturated heterocycles. The molecule has 0 amide bonds. The van der Waals surface area contributed by atoms with Crippen molar-refractivity contribution in [3.05, 3.63) is 83.9 Å². The fourth-order valence-corrected chi connectivity index (χ4v) is 4.19. The molecule has 0 aliphatic heterocycles. The summed E-state index contributed by atoms with van der Waals surface area (Å²) in [6.07, 6.45) is 1.72. The van der Waals surface area contributed by atoms with Crippen LogP contribution in [0.1, 0.15) is 11.1 Å². The third-order valence-electron chi connectivity index (χ3n) is 5.61. The minimum Gasteiger partial charge on any atom is -0.398 e. The molecule has 9 heteroatoms. The molecule has 8 nitrogen and oxygen atoms in total. The van der Waals surface area contributed by atoms with Crippen LogP contribution in [-0.4, -0.2) is 52.6 Å². The lowest BCUT2D eigenvalue weighted by atomic mass is 9.91. The molecule has 1 aliphatic rings. The van der Waals surface area contributed by atoms with E-state index in [0.29, 0.717) is 39.6 Å². The van der Waals surface area contributed by atoms with E-state index in [1.54, 1.807) is 12.1 Å². The van der Waals surface area contributed by atoms with Gasteiger partial charge in [-0.05, 0) is 66.7 Å². The van der Waals surface area contributed by atoms with Gasteiger partial charge in [0.15, 0.2) is 0 Å². The quantitative estimate of drug-likeness (QED) is 0.518. The molecule has 0 aromatic heterocycles. The summed E-state index contributed by atoms with van der Waals surface area (Å²) in [5.74, 6) is 0. The van der Waals surface area contributed by atoms with E-state index in [1.165, 1.54) is 12.1 Å². The van der Waals surface area contributed by atoms with Crippen molar-refractivity contribution in [2.24, 2.45) is 15.7 Å². The van der Waals surface area contributed by atoms with Gasteiger partial charge < -0.3 is 15.5 Å². The maximum absolute atomic E-state index is 11.9. The monoisotopic (exact) mass is 489 g/mol. The molecule has 180 valence electrons. The van der Waals surface area contributed by atoms with Crippen LogP contribution in [0.3, 0.4) is 0 Å². The molecule has 0 atom stereocenters. The summed E-state index contributed by atoms with van der Waals surface area (Å²) in [5, 5.41) is 0. The van der Waals surface area contributed by atoms with Gasteiger partial charge in [0.1, 0.15) is 0 Å². The number of rotatable bonds is 5. The van der Waals surface area contributed by atoms with E-state index < -0.39 is 10.1 Å². The number of hydrogen-bond donors (Lipinski definition) is 2. The summed E-state index contributed by atoms with van der Waals surface area (Å²) in [5.41, 5.74) is 12.2. The van der Waals surface area contributed by atoms with E-state index in [4.69, 9.17) is 15.7 Å². The first-order chi connectivity index (χ1) is 16.5. The Morgan fingerprint density at radius 2 is 1.26 bits per heavy atom. The van der Waals surface area contributed by atoms with Crippen molar-refractivity contribution >= 4 is 50.0 Å². The van der Waals surface area contributed by atoms with Crippen molar-refractivity contribution < 1.29 is 13.0 Å². The lowest BCUT2D eigenvalue weighted by molar-refractivity contribution is 0.483. The number of benzene rings is 3. The minimum absolute atomic E-state index is 0.240. The average molecular weight is 490 g/mol. The first kappa shape index (κ1) is 24.2. The van der Waals surface area contributed by atoms with E-state index in [1.807, 2.05) is 86.5 Å². The highest BCUT2D eigenvalue weighted by atomic mass is 32.2. The van der Waals surface area contributed by atoms with E-state index >= 15 is 0 Å². The molecule has 0 heterocycles. The molecule has 4 rings (SSSR count). The Morgan fingerprint density at radius 1 is 0.743 bits per heavy atom. The highest BCUT2D eigenvalue weighted by Crippen LogP contribution is 2.29. The van der Waals surface area contributed by atoms with Crippen LogP contribution in [-0.2, 0) is 10.1 Å². The lowest BCUT2D eigenvalue weighted by Gasteiger charge is -2.20. The van der Waals surface area contributed by atoms with Crippen LogP contribution in [0.15, 0.2) is 87.7 Å². The largest absolute Gasteiger partial charge is 0.398 e. The molecular formula is C26H27N5O3S. The summed E-state index contributed by atoms with van der Waals surface area (Å²) >= 11 is 0. The summed E-state index contributed by atoms with van der Waals surface area (Å²) < 4.78 is 33.3. The summed E-state index contributed by atoms with van der Waals surface area (Å²) in [7, 11) is 3.41. The fourth-order valence-electron chi connectivity index (χ4n) is 3.68. The molecule has 0 radical (unpaired) electrons. The number of allylic oxidation sites excluding steroid dienone is 1. The van der Waals surface area contributed by atoms with Gasteiger partial charge in [-0.3, -0.25) is 4.55 Å². The van der Waals surface area contributed by atoms with Crippen LogP contribution >= 0.6 is 0 Å². The molecule has 1 aliphatic carbocycles. The standard InChI is InChI=1S/C26H27N5O3S/c1-30(2)19-9-5-17(6-10-19)28-25-16-24(27)22-14-13-21(35(32,33)34)15-23(22)26(25)29-18-7-11-20(12-8-18)31(3)4/h5-16H,27H2,1-4H3,(H,32,33,34). The second-order valence-electron chi connectivity index (χ2n) is 8.56. The molecule has 35 heavy (non-hydrogen) atoms. The molecule has 3 aromatic rings. The van der Waals surface area contributed by atoms with Gasteiger partial charge in [0.05, 0.1) is 27.7 Å². The van der Waals surface area contributed by atoms with Gasteiger partial charge in [-0.25, -0.2) is 9.98 Å². The zero-order valence-corrected chi connectivity index (χ0v) is 20.8. The number of nitrogens with zero attached hydrogens (tertiary/aromatic N) is 4. The van der Waals surface area contributed by atoms with Gasteiger partial charge in [0, 0.05) is 56.4 Å². The van der Waals surface area contributed by atoms with E-state index in [-0.39, 0.29) is 4.90 Å². The third-order valence-corrected chi connectivity index (χ3v) is 6.46. The molecular weight excluding hydrogens is 462 g/mol. The van der Waals surface area contributed by atoms with Crippen LogP contribution in [0, 0.1) is 0 Å². The van der Waals surface area contributed by atoms with Crippen LogP contribution in [0.2, 0.25) is 0 Å². The Kier molecular flexibility index (Phi) is 6.47. The van der Waals surface area contributed by atoms with Gasteiger partial charge in [-0.1, -0.05) is 6.07 Å². The first-order valence-corrected chi connectivity index (χ1v) is 12.3. The SMILES string of the molecule is CN(C)c1ccc(N=C2C=C(N)c3ccc(S(=O)(=O)O)cc3C2=Nc2ccc(N(C)C)cc2)cc1. The highest BCUT2D eigenvalue weighted by molar-refractivity contribution is 7.85. The molecule has 3 N–H and O–H groups in total. The highest BCUT2D eigenvalue weighted by Gasteiger charge is 2.24. The summed E-state index contributed by atoms with van der Waals surface area (Å²) in [6, 6.07) is 19.6. The van der Waals surface area contributed by atoms with Crippen molar-refractivity contribution in [2.75, 3.05) is 38.0 Å². The second-order valence-corrected chi connectivity index (χ2v) is 9.98. The van der Waals surface area contributed by atoms with Crippen molar-refractivity contribution in [2.45, 2.75) is 4.90 Å². The first-order valence-electron chi connectivity index (χ1n) is 10.8. The predicted octanol–water partition coefficient (Wildman–Crippen LogP) is 4.27. The van der Waals surface area contributed by atoms with Crippen LogP contribution in [0.5, 0.6) is 0 Å². The Labute approximate surface area is 205 Å². The van der Waals surface area contributed by atoms with Crippen molar-refractivity contribution in [3.8, 4) is 0 Å². The van der Waals surface area contributed by atoms with Gasteiger partial charge in [-0.2, -0.15) is 8.42 Å². The summed E-state index contributed by atoms with van der Waals surface area (Å²) in [4.78, 5) is 13.3. The Bertz CT molecular complexity index is 1450. The van der Waals surface area contributed by atoms with E-state index in [0.717, 1.165) is 11.4 Å². The number of aliphatic imine (C=N–C) groups is 2. The normalized spacial score (nSPS) is 15.6. The van der Waals surface area contributed by atoms with Crippen molar-refractivity contribution in [3.63, 3.8) is 0 Å². The number of nitrogens with two attached hydrogens (primary N) is 1. The molecule has 0 saturated carbocycles. The van der Waals surface area contributed by atoms with Crippen molar-refractivity contribution in [1.29, 1.82) is 0 Å². The van der Waals surface area contributed by atoms with Gasteiger partial charge in [-0.15, -0.1) is 0 Å². The smallest absolute Gasteiger partial charge is 0.294 e. The lowest BCUT2D eigenvalue weighted by Crippen LogP contribution is -2.23. The minimum atomic E-state index is -4.42. The molecule has 3 aromatic carbocycles. The fraction of sp³-hybridized carbons (Fsp3) is 0.154. The topological polar surface area (TPSA) is 112 Å². The Balaban J connectivity index is 1.90. The average Bonchev–Trinajstić information content (AvgIpc) is 2.81. The third kappa shape index (κ3) is 5.26. The number of fused-ring (bicyclic) bond motifs is 1. The van der Waals surface area contributed by atoms with E-state index in [2.05, 4.69) is 0 Å². The zero-order valence-electron chi connectivity index (χ0n) is 20.0. The predicted molar refractivity (Wildman–Crippen MR) is 143 cm³/mol. The van der Waals surface area contributed by atoms with Crippen molar-refractivity contribution in [1.82, 2.24) is 0 Å². The molecule has 0 bridgehead atoms. The maximum atomic E-state index is 11.9. The van der Waals surface area contributed by atoms with Gasteiger partial charge >= 0.3 is 0 Å². The molecule has 0 spiro atoms. The Morgan fingerprint density at radius 3 is 1.74 bits per heavy atom. The van der Waals surface area contributed by atoms with Gasteiger partial charge in [0.25, 0.3) is 10.1 Å². The second kappa shape index (κ2) is 9.36. The van der Waals surface area contributed by atoms with E-state index in [9.17, 15) is 13.0 Å². The van der Waals surface area contributed by atoms with Crippen LogP contribution in [0.4, 0.5) is 22.7 Å². The maximum Gasteiger partial charge on any atom is 0.294 e. The molecule has 0 fully saturated rings. The Hall–Kier alpha value is -3.95. The molecule has 0 unspecified atom stereocenters. The number of anilines is 2. The number of hydrogen-bond acceptors (Lipinski definition) is 7. The van der Waals surface area contributed by atoms with Gasteiger partial charge in [0.2, 0.25) is 0 Å². The van der Waals surface area contributed by atoms with Crippen LogP contribution < -0.4 is 15.5 Å².